The van der Waals surface area contributed by atoms with Gasteiger partial charge in [-0.15, -0.1) is 0 Å². The zero-order chi connectivity index (χ0) is 20.8. The summed E-state index contributed by atoms with van der Waals surface area (Å²) in [6.45, 7) is 0.302. The van der Waals surface area contributed by atoms with E-state index in [1.165, 1.54) is 0 Å². The Kier molecular flexibility index (Phi) is 5.71. The molecule has 3 aromatic carbocycles. The zero-order valence-electron chi connectivity index (χ0n) is 16.2. The molecule has 5 heteroatoms. The second-order valence-electron chi connectivity index (χ2n) is 6.74. The highest BCUT2D eigenvalue weighted by Gasteiger charge is 2.10. The second-order valence-corrected chi connectivity index (χ2v) is 6.74. The van der Waals surface area contributed by atoms with Gasteiger partial charge >= 0.3 is 0 Å². The highest BCUT2D eigenvalue weighted by molar-refractivity contribution is 6.05. The Morgan fingerprint density at radius 2 is 1.47 bits per heavy atom. The van der Waals surface area contributed by atoms with Gasteiger partial charge in [0.15, 0.2) is 0 Å². The second kappa shape index (κ2) is 8.92. The molecule has 4 aromatic rings. The van der Waals surface area contributed by atoms with Crippen LogP contribution in [0.25, 0.3) is 11.1 Å². The van der Waals surface area contributed by atoms with Gasteiger partial charge in [0, 0.05) is 16.8 Å². The molecule has 0 bridgehead atoms. The molecule has 2 N–H and O–H groups in total. The lowest BCUT2D eigenvalue weighted by Gasteiger charge is -2.09. The Hall–Kier alpha value is -4.12. The lowest BCUT2D eigenvalue weighted by atomic mass is 10.0. The van der Waals surface area contributed by atoms with Crippen LogP contribution in [0.2, 0.25) is 0 Å². The third-order valence-corrected chi connectivity index (χ3v) is 4.64. The highest BCUT2D eigenvalue weighted by atomic mass is 16.3. The van der Waals surface area contributed by atoms with Crippen molar-refractivity contribution in [1.29, 1.82) is 0 Å². The van der Waals surface area contributed by atoms with Gasteiger partial charge in [0.2, 0.25) is 0 Å². The van der Waals surface area contributed by atoms with Crippen LogP contribution in [0.5, 0.6) is 0 Å². The molecule has 2 amide bonds. The van der Waals surface area contributed by atoms with E-state index in [0.29, 0.717) is 29.1 Å². The molecule has 0 unspecified atom stereocenters. The van der Waals surface area contributed by atoms with Crippen molar-refractivity contribution in [3.05, 3.63) is 114 Å². The molecule has 30 heavy (non-hydrogen) atoms. The number of carbonyl (C=O) groups is 2. The van der Waals surface area contributed by atoms with E-state index in [-0.39, 0.29) is 11.8 Å². The van der Waals surface area contributed by atoms with Gasteiger partial charge in [0.1, 0.15) is 5.76 Å². The standard InChI is InChI=1S/C25H20N2O3/c28-24(26-17-23-10-5-15-30-23)21-8-4-9-22(16-21)27-25(29)20-13-11-19(12-14-20)18-6-2-1-3-7-18/h1-16H,17H2,(H,26,28)(H,27,29). The minimum Gasteiger partial charge on any atom is -0.467 e. The minimum absolute atomic E-state index is 0.234. The van der Waals surface area contributed by atoms with Crippen molar-refractivity contribution in [2.24, 2.45) is 0 Å². The summed E-state index contributed by atoms with van der Waals surface area (Å²) < 4.78 is 5.21. The normalized spacial score (nSPS) is 10.4. The van der Waals surface area contributed by atoms with E-state index in [1.807, 2.05) is 42.5 Å². The summed E-state index contributed by atoms with van der Waals surface area (Å²) in [5, 5.41) is 5.63. The quantitative estimate of drug-likeness (QED) is 0.475. The van der Waals surface area contributed by atoms with Gasteiger partial charge in [-0.2, -0.15) is 0 Å². The highest BCUT2D eigenvalue weighted by Crippen LogP contribution is 2.20. The van der Waals surface area contributed by atoms with Gasteiger partial charge in [-0.3, -0.25) is 9.59 Å². The number of amides is 2. The zero-order valence-corrected chi connectivity index (χ0v) is 16.2. The minimum atomic E-state index is -0.241. The molecule has 0 aliphatic heterocycles. The van der Waals surface area contributed by atoms with Crippen molar-refractivity contribution in [3.63, 3.8) is 0 Å². The first-order chi connectivity index (χ1) is 14.7. The molecular weight excluding hydrogens is 376 g/mol. The molecule has 0 saturated heterocycles. The average Bonchev–Trinajstić information content (AvgIpc) is 3.32. The van der Waals surface area contributed by atoms with Crippen LogP contribution in [0, 0.1) is 0 Å². The van der Waals surface area contributed by atoms with Gasteiger partial charge in [-0.05, 0) is 53.6 Å². The van der Waals surface area contributed by atoms with E-state index in [4.69, 9.17) is 4.42 Å². The molecule has 0 saturated carbocycles. The molecule has 4 rings (SSSR count). The van der Waals surface area contributed by atoms with E-state index >= 15 is 0 Å². The van der Waals surface area contributed by atoms with Crippen molar-refractivity contribution in [1.82, 2.24) is 5.32 Å². The Morgan fingerprint density at radius 1 is 0.700 bits per heavy atom. The Morgan fingerprint density at radius 3 is 2.20 bits per heavy atom. The van der Waals surface area contributed by atoms with Crippen molar-refractivity contribution < 1.29 is 14.0 Å². The summed E-state index contributed by atoms with van der Waals surface area (Å²) in [6.07, 6.45) is 1.56. The molecule has 0 radical (unpaired) electrons. The number of anilines is 1. The number of furan rings is 1. The largest absolute Gasteiger partial charge is 0.467 e. The van der Waals surface area contributed by atoms with Gasteiger partial charge in [-0.25, -0.2) is 0 Å². The predicted octanol–water partition coefficient (Wildman–Crippen LogP) is 5.13. The first kappa shape index (κ1) is 19.2. The third-order valence-electron chi connectivity index (χ3n) is 4.64. The molecule has 148 valence electrons. The van der Waals surface area contributed by atoms with Crippen LogP contribution < -0.4 is 10.6 Å². The number of nitrogens with one attached hydrogen (secondary N) is 2. The molecule has 0 atom stereocenters. The maximum absolute atomic E-state index is 12.6. The fourth-order valence-corrected chi connectivity index (χ4v) is 3.07. The van der Waals surface area contributed by atoms with E-state index in [0.717, 1.165) is 11.1 Å². The van der Waals surface area contributed by atoms with Crippen molar-refractivity contribution >= 4 is 17.5 Å². The fraction of sp³-hybridized carbons (Fsp3) is 0.0400. The van der Waals surface area contributed by atoms with Gasteiger partial charge < -0.3 is 15.1 Å². The molecule has 0 aliphatic rings. The maximum Gasteiger partial charge on any atom is 0.255 e. The Labute approximate surface area is 174 Å². The number of benzene rings is 3. The molecule has 1 aromatic heterocycles. The van der Waals surface area contributed by atoms with Crippen LogP contribution in [-0.2, 0) is 6.54 Å². The van der Waals surface area contributed by atoms with Crippen molar-refractivity contribution in [3.8, 4) is 11.1 Å². The van der Waals surface area contributed by atoms with Crippen LogP contribution >= 0.6 is 0 Å². The third kappa shape index (κ3) is 4.64. The van der Waals surface area contributed by atoms with Gasteiger partial charge in [-0.1, -0.05) is 48.5 Å². The van der Waals surface area contributed by atoms with E-state index in [9.17, 15) is 9.59 Å². The van der Waals surface area contributed by atoms with Gasteiger partial charge in [0.25, 0.3) is 11.8 Å². The lowest BCUT2D eigenvalue weighted by molar-refractivity contribution is 0.0946. The fourth-order valence-electron chi connectivity index (χ4n) is 3.07. The molecule has 0 aliphatic carbocycles. The van der Waals surface area contributed by atoms with Crippen LogP contribution in [0.3, 0.4) is 0 Å². The number of hydrogen-bond acceptors (Lipinski definition) is 3. The smallest absolute Gasteiger partial charge is 0.255 e. The lowest BCUT2D eigenvalue weighted by Crippen LogP contribution is -2.22. The number of carbonyl (C=O) groups excluding carboxylic acids is 2. The summed E-state index contributed by atoms with van der Waals surface area (Å²) in [5.74, 6) is 0.198. The SMILES string of the molecule is O=C(NCc1ccco1)c1cccc(NC(=O)c2ccc(-c3ccccc3)cc2)c1. The first-order valence-corrected chi connectivity index (χ1v) is 9.56. The van der Waals surface area contributed by atoms with Crippen molar-refractivity contribution in [2.45, 2.75) is 6.54 Å². The first-order valence-electron chi connectivity index (χ1n) is 9.56. The van der Waals surface area contributed by atoms with E-state index in [2.05, 4.69) is 10.6 Å². The number of hydrogen-bond donors (Lipinski definition) is 2. The summed E-state index contributed by atoms with van der Waals surface area (Å²) in [6, 6.07) is 27.8. The monoisotopic (exact) mass is 396 g/mol. The summed E-state index contributed by atoms with van der Waals surface area (Å²) >= 11 is 0. The molecule has 5 nitrogen and oxygen atoms in total. The summed E-state index contributed by atoms with van der Waals surface area (Å²) in [7, 11) is 0. The maximum atomic E-state index is 12.6. The van der Waals surface area contributed by atoms with E-state index < -0.39 is 0 Å². The van der Waals surface area contributed by atoms with E-state index in [1.54, 1.807) is 54.8 Å². The molecule has 1 heterocycles. The van der Waals surface area contributed by atoms with Crippen LogP contribution in [0.15, 0.2) is 102 Å². The topological polar surface area (TPSA) is 71.3 Å². The summed E-state index contributed by atoms with van der Waals surface area (Å²) in [4.78, 5) is 25.0. The van der Waals surface area contributed by atoms with Crippen LogP contribution in [-0.4, -0.2) is 11.8 Å². The number of rotatable bonds is 6. The van der Waals surface area contributed by atoms with Crippen LogP contribution in [0.4, 0.5) is 5.69 Å². The Bertz CT molecular complexity index is 1130. The molecule has 0 spiro atoms. The average molecular weight is 396 g/mol. The predicted molar refractivity (Wildman–Crippen MR) is 116 cm³/mol. The van der Waals surface area contributed by atoms with Crippen molar-refractivity contribution in [2.75, 3.05) is 5.32 Å². The molecule has 0 fully saturated rings. The summed E-state index contributed by atoms with van der Waals surface area (Å²) in [5.41, 5.74) is 3.69. The Balaban J connectivity index is 1.40. The molecular formula is C25H20N2O3. The van der Waals surface area contributed by atoms with Gasteiger partial charge in [0.05, 0.1) is 12.8 Å². The van der Waals surface area contributed by atoms with Crippen LogP contribution in [0.1, 0.15) is 26.5 Å².